The van der Waals surface area contributed by atoms with Crippen LogP contribution in [0.1, 0.15) is 16.7 Å². The molecule has 33 heavy (non-hydrogen) atoms. The fourth-order valence-electron chi connectivity index (χ4n) is 4.20. The van der Waals surface area contributed by atoms with E-state index < -0.39 is 11.2 Å². The maximum Gasteiger partial charge on any atom is 0.333 e. The van der Waals surface area contributed by atoms with E-state index in [9.17, 15) is 14.7 Å². The predicted molar refractivity (Wildman–Crippen MR) is 129 cm³/mol. The van der Waals surface area contributed by atoms with Crippen molar-refractivity contribution >= 4 is 11.0 Å². The molecular weight excluding hydrogens is 414 g/mol. The van der Waals surface area contributed by atoms with E-state index in [2.05, 4.69) is 0 Å². The molecule has 0 bridgehead atoms. The molecule has 2 aromatic heterocycles. The van der Waals surface area contributed by atoms with Gasteiger partial charge < -0.3 is 9.67 Å². The van der Waals surface area contributed by atoms with Gasteiger partial charge in [0.1, 0.15) is 16.8 Å². The second kappa shape index (κ2) is 8.67. The van der Waals surface area contributed by atoms with E-state index in [1.165, 1.54) is 10.8 Å². The Morgan fingerprint density at radius 1 is 0.606 bits per heavy atom. The van der Waals surface area contributed by atoms with Crippen molar-refractivity contribution < 1.29 is 5.11 Å². The van der Waals surface area contributed by atoms with E-state index in [4.69, 9.17) is 0 Å². The van der Waals surface area contributed by atoms with Gasteiger partial charge in [0.2, 0.25) is 0 Å². The average Bonchev–Trinajstić information content (AvgIpc) is 3.17. The third kappa shape index (κ3) is 3.99. The Balaban J connectivity index is 1.74. The summed E-state index contributed by atoms with van der Waals surface area (Å²) in [6.45, 7) is 0.838. The van der Waals surface area contributed by atoms with Crippen LogP contribution in [0.4, 0.5) is 0 Å². The number of hydrogen-bond donors (Lipinski definition) is 1. The highest BCUT2D eigenvalue weighted by Crippen LogP contribution is 2.25. The molecule has 0 fully saturated rings. The quantitative estimate of drug-likeness (QED) is 0.439. The third-order valence-corrected chi connectivity index (χ3v) is 5.77. The van der Waals surface area contributed by atoms with Gasteiger partial charge in [-0.1, -0.05) is 91.0 Å². The van der Waals surface area contributed by atoms with Crippen molar-refractivity contribution in [1.82, 2.24) is 13.7 Å². The molecular formula is C27H23N3O3. The number of aromatic hydroxyl groups is 1. The van der Waals surface area contributed by atoms with Gasteiger partial charge in [-0.15, -0.1) is 0 Å². The summed E-state index contributed by atoms with van der Waals surface area (Å²) in [7, 11) is 0. The van der Waals surface area contributed by atoms with Gasteiger partial charge in [-0.3, -0.25) is 13.9 Å². The maximum atomic E-state index is 13.7. The average molecular weight is 437 g/mol. The molecule has 0 unspecified atom stereocenters. The molecule has 0 saturated heterocycles. The second-order valence-electron chi connectivity index (χ2n) is 8.06. The number of rotatable bonds is 6. The van der Waals surface area contributed by atoms with Crippen LogP contribution in [-0.4, -0.2) is 18.8 Å². The van der Waals surface area contributed by atoms with E-state index >= 15 is 0 Å². The lowest BCUT2D eigenvalue weighted by atomic mass is 10.2. The van der Waals surface area contributed by atoms with Crippen molar-refractivity contribution in [2.75, 3.05) is 0 Å². The van der Waals surface area contributed by atoms with Crippen molar-refractivity contribution in [3.63, 3.8) is 0 Å². The van der Waals surface area contributed by atoms with E-state index in [1.807, 2.05) is 91.0 Å². The van der Waals surface area contributed by atoms with Gasteiger partial charge in [-0.2, -0.15) is 0 Å². The first-order valence-corrected chi connectivity index (χ1v) is 10.8. The molecule has 0 atom stereocenters. The van der Waals surface area contributed by atoms with Gasteiger partial charge in [-0.25, -0.2) is 4.79 Å². The molecule has 5 aromatic rings. The topological polar surface area (TPSA) is 69.2 Å². The van der Waals surface area contributed by atoms with E-state index in [0.29, 0.717) is 12.2 Å². The summed E-state index contributed by atoms with van der Waals surface area (Å²) in [5, 5.41) is 10.9. The first kappa shape index (κ1) is 20.6. The molecule has 6 heteroatoms. The monoisotopic (exact) mass is 437 g/mol. The Bertz CT molecular complexity index is 1520. The van der Waals surface area contributed by atoms with Crippen LogP contribution in [0.3, 0.4) is 0 Å². The van der Waals surface area contributed by atoms with E-state index in [-0.39, 0.29) is 24.2 Å². The van der Waals surface area contributed by atoms with Crippen LogP contribution in [0, 0.1) is 0 Å². The van der Waals surface area contributed by atoms with Crippen LogP contribution in [0.15, 0.2) is 107 Å². The zero-order chi connectivity index (χ0) is 22.8. The summed E-state index contributed by atoms with van der Waals surface area (Å²) >= 11 is 0. The molecule has 0 spiro atoms. The van der Waals surface area contributed by atoms with Crippen molar-refractivity contribution in [2.45, 2.75) is 19.6 Å². The summed E-state index contributed by atoms with van der Waals surface area (Å²) in [5.74, 6) is -0.130. The van der Waals surface area contributed by atoms with Crippen LogP contribution in [0.5, 0.6) is 5.75 Å². The van der Waals surface area contributed by atoms with Crippen LogP contribution in [0.25, 0.3) is 11.0 Å². The summed E-state index contributed by atoms with van der Waals surface area (Å²) in [6.07, 6.45) is 1.53. The molecule has 5 rings (SSSR count). The normalized spacial score (nSPS) is 11.2. The molecule has 0 aliphatic carbocycles. The first-order valence-electron chi connectivity index (χ1n) is 10.8. The lowest BCUT2D eigenvalue weighted by molar-refractivity contribution is 0.478. The third-order valence-electron chi connectivity index (χ3n) is 5.77. The van der Waals surface area contributed by atoms with E-state index in [1.54, 1.807) is 9.13 Å². The Morgan fingerprint density at radius 3 is 1.58 bits per heavy atom. The van der Waals surface area contributed by atoms with Gasteiger partial charge in [0.05, 0.1) is 13.1 Å². The zero-order valence-corrected chi connectivity index (χ0v) is 18.0. The molecule has 0 aliphatic heterocycles. The highest BCUT2D eigenvalue weighted by Gasteiger charge is 2.21. The predicted octanol–water partition coefficient (Wildman–Crippen LogP) is 3.82. The number of nitrogens with zero attached hydrogens (tertiary/aromatic N) is 3. The Labute approximate surface area is 190 Å². The smallest absolute Gasteiger partial charge is 0.333 e. The Morgan fingerprint density at radius 2 is 1.06 bits per heavy atom. The molecule has 6 nitrogen and oxygen atoms in total. The summed E-state index contributed by atoms with van der Waals surface area (Å²) < 4.78 is 4.56. The molecule has 0 radical (unpaired) electrons. The zero-order valence-electron chi connectivity index (χ0n) is 18.0. The van der Waals surface area contributed by atoms with Crippen LogP contribution in [-0.2, 0) is 19.6 Å². The van der Waals surface area contributed by atoms with Crippen LogP contribution in [0.2, 0.25) is 0 Å². The highest BCUT2D eigenvalue weighted by molar-refractivity contribution is 5.83. The van der Waals surface area contributed by atoms with Crippen molar-refractivity contribution in [3.05, 3.63) is 135 Å². The molecule has 2 heterocycles. The molecule has 3 aromatic carbocycles. The highest BCUT2D eigenvalue weighted by atomic mass is 16.3. The van der Waals surface area contributed by atoms with Gasteiger partial charge in [0, 0.05) is 12.7 Å². The lowest BCUT2D eigenvalue weighted by Gasteiger charge is -2.15. The van der Waals surface area contributed by atoms with Crippen molar-refractivity contribution in [3.8, 4) is 5.75 Å². The summed E-state index contributed by atoms with van der Waals surface area (Å²) in [6, 6.07) is 28.7. The van der Waals surface area contributed by atoms with Crippen molar-refractivity contribution in [1.29, 1.82) is 0 Å². The number of fused-ring (bicyclic) bond motifs is 1. The first-order chi connectivity index (χ1) is 16.1. The molecule has 1 N–H and O–H groups in total. The van der Waals surface area contributed by atoms with Gasteiger partial charge in [0.25, 0.3) is 5.56 Å². The van der Waals surface area contributed by atoms with Gasteiger partial charge in [0.15, 0.2) is 0 Å². The Kier molecular flexibility index (Phi) is 5.40. The lowest BCUT2D eigenvalue weighted by Crippen LogP contribution is -2.41. The maximum absolute atomic E-state index is 13.7. The molecule has 0 saturated carbocycles. The van der Waals surface area contributed by atoms with Crippen molar-refractivity contribution in [2.24, 2.45) is 0 Å². The number of aromatic nitrogens is 3. The molecule has 164 valence electrons. The number of benzene rings is 3. The van der Waals surface area contributed by atoms with Gasteiger partial charge in [-0.05, 0) is 16.7 Å². The summed E-state index contributed by atoms with van der Waals surface area (Å²) in [4.78, 5) is 27.1. The van der Waals surface area contributed by atoms with Crippen LogP contribution >= 0.6 is 0 Å². The van der Waals surface area contributed by atoms with E-state index in [0.717, 1.165) is 16.7 Å². The minimum atomic E-state index is -0.493. The molecule has 0 aliphatic rings. The SMILES string of the molecule is O=c1c2c(O)cn(Cc3ccccc3)c2n(Cc2ccccc2)c(=O)n1Cc1ccccc1. The summed E-state index contributed by atoms with van der Waals surface area (Å²) in [5.41, 5.74) is 2.28. The van der Waals surface area contributed by atoms with Crippen LogP contribution < -0.4 is 11.2 Å². The standard InChI is InChI=1S/C27H23N3O3/c31-23-19-28(16-20-10-4-1-5-11-20)25-24(23)26(32)30(18-22-14-8-3-9-15-22)27(33)29(25)17-21-12-6-2-7-13-21/h1-15,19,31H,16-18H2. The fraction of sp³-hybridized carbons (Fsp3) is 0.111. The minimum Gasteiger partial charge on any atom is -0.505 e. The Hall–Kier alpha value is -4.32. The molecule has 0 amide bonds. The number of hydrogen-bond acceptors (Lipinski definition) is 3. The van der Waals surface area contributed by atoms with Gasteiger partial charge >= 0.3 is 5.69 Å². The fourth-order valence-corrected chi connectivity index (χ4v) is 4.20. The largest absolute Gasteiger partial charge is 0.505 e. The second-order valence-corrected chi connectivity index (χ2v) is 8.06. The minimum absolute atomic E-state index is 0.130.